The Morgan fingerprint density at radius 3 is 2.64 bits per heavy atom. The second kappa shape index (κ2) is 4.85. The van der Waals surface area contributed by atoms with Crippen molar-refractivity contribution < 1.29 is 4.74 Å². The summed E-state index contributed by atoms with van der Waals surface area (Å²) in [6.45, 7) is 10.9. The molecule has 1 rings (SSSR count). The van der Waals surface area contributed by atoms with E-state index in [1.165, 1.54) is 5.56 Å². The molecule has 0 bridgehead atoms. The molecule has 0 fully saturated rings. The lowest BCUT2D eigenvalue weighted by atomic mass is 9.96. The molecule has 0 aromatic heterocycles. The molecule has 1 heteroatoms. The first kappa shape index (κ1) is 10.8. The Labute approximate surface area is 86.4 Å². The van der Waals surface area contributed by atoms with Gasteiger partial charge >= 0.3 is 0 Å². The molecule has 1 nitrogen and oxygen atoms in total. The van der Waals surface area contributed by atoms with Crippen LogP contribution in [0.3, 0.4) is 0 Å². The lowest BCUT2D eigenvalue weighted by Crippen LogP contribution is -1.98. The summed E-state index contributed by atoms with van der Waals surface area (Å²) in [6, 6.07) is 6.16. The first-order valence-corrected chi connectivity index (χ1v) is 5.08. The van der Waals surface area contributed by atoms with Crippen LogP contribution in [0.4, 0.5) is 0 Å². The maximum atomic E-state index is 5.55. The van der Waals surface area contributed by atoms with Gasteiger partial charge in [-0.1, -0.05) is 38.6 Å². The van der Waals surface area contributed by atoms with Crippen molar-refractivity contribution in [3.05, 3.63) is 35.9 Å². The van der Waals surface area contributed by atoms with Gasteiger partial charge in [-0.3, -0.25) is 0 Å². The number of ether oxygens (including phenoxy) is 1. The lowest BCUT2D eigenvalue weighted by molar-refractivity contribution is 0.339. The van der Waals surface area contributed by atoms with Crippen molar-refractivity contribution in [3.63, 3.8) is 0 Å². The summed E-state index contributed by atoms with van der Waals surface area (Å²) < 4.78 is 5.55. The van der Waals surface area contributed by atoms with Gasteiger partial charge in [0.05, 0.1) is 6.61 Å². The third-order valence-corrected chi connectivity index (χ3v) is 2.23. The highest BCUT2D eigenvalue weighted by Gasteiger charge is 2.08. The minimum Gasteiger partial charge on any atom is -0.493 e. The van der Waals surface area contributed by atoms with Crippen LogP contribution in [-0.2, 0) is 0 Å². The van der Waals surface area contributed by atoms with Crippen LogP contribution in [-0.4, -0.2) is 6.61 Å². The van der Waals surface area contributed by atoms with Gasteiger partial charge in [-0.2, -0.15) is 0 Å². The fourth-order valence-corrected chi connectivity index (χ4v) is 1.56. The Morgan fingerprint density at radius 1 is 1.43 bits per heavy atom. The Kier molecular flexibility index (Phi) is 3.75. The van der Waals surface area contributed by atoms with E-state index in [1.807, 2.05) is 25.1 Å². The molecule has 0 radical (unpaired) electrons. The Morgan fingerprint density at radius 2 is 2.14 bits per heavy atom. The van der Waals surface area contributed by atoms with Crippen LogP contribution in [0.1, 0.15) is 37.8 Å². The SMILES string of the molecule is C=Cc1c(OCC)cccc1C(C)C. The van der Waals surface area contributed by atoms with Gasteiger partial charge in [-0.15, -0.1) is 0 Å². The van der Waals surface area contributed by atoms with Crippen molar-refractivity contribution >= 4 is 6.08 Å². The summed E-state index contributed by atoms with van der Waals surface area (Å²) in [6.07, 6.45) is 1.88. The van der Waals surface area contributed by atoms with Gasteiger partial charge in [0.1, 0.15) is 5.75 Å². The van der Waals surface area contributed by atoms with E-state index in [-0.39, 0.29) is 0 Å². The molecule has 0 saturated heterocycles. The maximum Gasteiger partial charge on any atom is 0.126 e. The van der Waals surface area contributed by atoms with Gasteiger partial charge in [0, 0.05) is 5.56 Å². The number of rotatable bonds is 4. The van der Waals surface area contributed by atoms with Crippen molar-refractivity contribution in [2.24, 2.45) is 0 Å². The highest BCUT2D eigenvalue weighted by Crippen LogP contribution is 2.28. The summed E-state index contributed by atoms with van der Waals surface area (Å²) in [7, 11) is 0. The minimum absolute atomic E-state index is 0.503. The van der Waals surface area contributed by atoms with Crippen LogP contribution < -0.4 is 4.74 Å². The monoisotopic (exact) mass is 190 g/mol. The van der Waals surface area contributed by atoms with Crippen LogP contribution in [0.15, 0.2) is 24.8 Å². The predicted octanol–water partition coefficient (Wildman–Crippen LogP) is 3.85. The fraction of sp³-hybridized carbons (Fsp3) is 0.385. The molecule has 14 heavy (non-hydrogen) atoms. The van der Waals surface area contributed by atoms with Crippen LogP contribution >= 0.6 is 0 Å². The lowest BCUT2D eigenvalue weighted by Gasteiger charge is -2.14. The molecule has 0 spiro atoms. The molecule has 0 aliphatic rings. The average Bonchev–Trinajstić information content (AvgIpc) is 2.18. The third kappa shape index (κ3) is 2.16. The topological polar surface area (TPSA) is 9.23 Å². The molecule has 0 unspecified atom stereocenters. The highest BCUT2D eigenvalue weighted by atomic mass is 16.5. The standard InChI is InChI=1S/C13H18O/c1-5-11-12(10(3)4)8-7-9-13(11)14-6-2/h5,7-10H,1,6H2,2-4H3. The molecule has 0 amide bonds. The zero-order valence-corrected chi connectivity index (χ0v) is 9.21. The van der Waals surface area contributed by atoms with E-state index < -0.39 is 0 Å². The summed E-state index contributed by atoms with van der Waals surface area (Å²) in [5.74, 6) is 1.44. The molecule has 0 N–H and O–H groups in total. The van der Waals surface area contributed by atoms with E-state index in [2.05, 4.69) is 26.5 Å². The van der Waals surface area contributed by atoms with Gasteiger partial charge in [0.25, 0.3) is 0 Å². The maximum absolute atomic E-state index is 5.55. The summed E-state index contributed by atoms with van der Waals surface area (Å²) in [5.41, 5.74) is 2.43. The number of hydrogen-bond donors (Lipinski definition) is 0. The predicted molar refractivity (Wildman–Crippen MR) is 61.8 cm³/mol. The number of hydrogen-bond acceptors (Lipinski definition) is 1. The van der Waals surface area contributed by atoms with Crippen molar-refractivity contribution in [3.8, 4) is 5.75 Å². The van der Waals surface area contributed by atoms with Gasteiger partial charge in [0.2, 0.25) is 0 Å². The van der Waals surface area contributed by atoms with Gasteiger partial charge in [-0.05, 0) is 24.5 Å². The molecule has 0 aliphatic heterocycles. The van der Waals surface area contributed by atoms with E-state index in [0.717, 1.165) is 11.3 Å². The normalized spacial score (nSPS) is 10.3. The Bertz CT molecular complexity index is 313. The Balaban J connectivity index is 3.17. The van der Waals surface area contributed by atoms with E-state index in [1.54, 1.807) is 0 Å². The molecule has 1 aromatic carbocycles. The van der Waals surface area contributed by atoms with Crippen molar-refractivity contribution in [1.29, 1.82) is 0 Å². The van der Waals surface area contributed by atoms with Crippen LogP contribution in [0.25, 0.3) is 6.08 Å². The van der Waals surface area contributed by atoms with E-state index in [4.69, 9.17) is 4.74 Å². The van der Waals surface area contributed by atoms with Crippen LogP contribution in [0.2, 0.25) is 0 Å². The van der Waals surface area contributed by atoms with Gasteiger partial charge in [-0.25, -0.2) is 0 Å². The summed E-state index contributed by atoms with van der Waals surface area (Å²) in [4.78, 5) is 0. The van der Waals surface area contributed by atoms with E-state index >= 15 is 0 Å². The van der Waals surface area contributed by atoms with Crippen molar-refractivity contribution in [1.82, 2.24) is 0 Å². The molecule has 1 aromatic rings. The highest BCUT2D eigenvalue weighted by molar-refractivity contribution is 5.60. The van der Waals surface area contributed by atoms with Crippen molar-refractivity contribution in [2.45, 2.75) is 26.7 Å². The molecule has 76 valence electrons. The zero-order chi connectivity index (χ0) is 10.6. The van der Waals surface area contributed by atoms with Crippen LogP contribution in [0, 0.1) is 0 Å². The minimum atomic E-state index is 0.503. The average molecular weight is 190 g/mol. The van der Waals surface area contributed by atoms with Gasteiger partial charge < -0.3 is 4.74 Å². The molecule has 0 atom stereocenters. The fourth-order valence-electron chi connectivity index (χ4n) is 1.56. The largest absolute Gasteiger partial charge is 0.493 e. The quantitative estimate of drug-likeness (QED) is 0.700. The Hall–Kier alpha value is -1.24. The second-order valence-corrected chi connectivity index (χ2v) is 3.55. The third-order valence-electron chi connectivity index (χ3n) is 2.23. The first-order valence-electron chi connectivity index (χ1n) is 5.08. The second-order valence-electron chi connectivity index (χ2n) is 3.55. The summed E-state index contributed by atoms with van der Waals surface area (Å²) >= 11 is 0. The van der Waals surface area contributed by atoms with E-state index in [0.29, 0.717) is 12.5 Å². The first-order chi connectivity index (χ1) is 6.70. The zero-order valence-electron chi connectivity index (χ0n) is 9.21. The smallest absolute Gasteiger partial charge is 0.126 e. The molecule has 0 heterocycles. The molecular weight excluding hydrogens is 172 g/mol. The number of benzene rings is 1. The molecular formula is C13H18O. The van der Waals surface area contributed by atoms with Crippen molar-refractivity contribution in [2.75, 3.05) is 6.61 Å². The van der Waals surface area contributed by atoms with Gasteiger partial charge in [0.15, 0.2) is 0 Å². The molecule has 0 saturated carbocycles. The summed E-state index contributed by atoms with van der Waals surface area (Å²) in [5, 5.41) is 0. The molecule has 0 aliphatic carbocycles. The van der Waals surface area contributed by atoms with Crippen LogP contribution in [0.5, 0.6) is 5.75 Å². The van der Waals surface area contributed by atoms with E-state index in [9.17, 15) is 0 Å².